The van der Waals surface area contributed by atoms with Crippen molar-refractivity contribution in [2.75, 3.05) is 7.05 Å². The maximum absolute atomic E-state index is 12.8. The molecule has 0 spiro atoms. The van der Waals surface area contributed by atoms with E-state index in [0.29, 0.717) is 17.8 Å². The molecule has 5 nitrogen and oxygen atoms in total. The van der Waals surface area contributed by atoms with Crippen molar-refractivity contribution >= 4 is 11.6 Å². The molecule has 2 heterocycles. The molecule has 0 radical (unpaired) electrons. The van der Waals surface area contributed by atoms with Crippen molar-refractivity contribution in [1.29, 1.82) is 0 Å². The Morgan fingerprint density at radius 3 is 2.39 bits per heavy atom. The lowest BCUT2D eigenvalue weighted by molar-refractivity contribution is -0.908. The number of H-pyrrole nitrogens is 1. The number of carbonyl (C=O) groups excluding carboxylic acids is 2. The summed E-state index contributed by atoms with van der Waals surface area (Å²) in [4.78, 5) is 28.7. The zero-order valence-electron chi connectivity index (χ0n) is 14.7. The molecule has 2 N–H and O–H groups in total. The summed E-state index contributed by atoms with van der Waals surface area (Å²) in [6.07, 6.45) is 0. The fourth-order valence-corrected chi connectivity index (χ4v) is 2.97. The minimum atomic E-state index is -0.239. The van der Waals surface area contributed by atoms with Gasteiger partial charge < -0.3 is 14.3 Å². The van der Waals surface area contributed by atoms with Crippen LogP contribution in [0.25, 0.3) is 0 Å². The lowest BCUT2D eigenvalue weighted by atomic mass is 10.0. The summed E-state index contributed by atoms with van der Waals surface area (Å²) < 4.78 is 5.58. The van der Waals surface area contributed by atoms with Gasteiger partial charge in [-0.15, -0.1) is 0 Å². The van der Waals surface area contributed by atoms with Crippen LogP contribution in [-0.4, -0.2) is 29.6 Å². The van der Waals surface area contributed by atoms with Crippen LogP contribution in [-0.2, 0) is 6.54 Å². The van der Waals surface area contributed by atoms with E-state index in [2.05, 4.69) is 4.98 Å². The molecule has 2 aromatic heterocycles. The van der Waals surface area contributed by atoms with E-state index in [9.17, 15) is 9.59 Å². The fraction of sp³-hybridized carbons (Fsp3) is 0.444. The summed E-state index contributed by atoms with van der Waals surface area (Å²) in [6, 6.07) is 3.62. The monoisotopic (exact) mass is 317 g/mol. The molecule has 2 aromatic rings. The highest BCUT2D eigenvalue weighted by atomic mass is 16.3. The molecule has 0 bridgehead atoms. The molecule has 124 valence electrons. The Morgan fingerprint density at radius 2 is 1.91 bits per heavy atom. The zero-order valence-corrected chi connectivity index (χ0v) is 14.7. The molecule has 0 saturated heterocycles. The Kier molecular flexibility index (Phi) is 4.90. The number of likely N-dealkylation sites (N-methyl/N-ethyl adjacent to an activating group) is 1. The Morgan fingerprint density at radius 1 is 1.26 bits per heavy atom. The van der Waals surface area contributed by atoms with Crippen molar-refractivity contribution < 1.29 is 18.9 Å². The molecule has 1 unspecified atom stereocenters. The molecule has 5 heteroatoms. The van der Waals surface area contributed by atoms with Gasteiger partial charge in [-0.2, -0.15) is 0 Å². The molecule has 0 amide bonds. The van der Waals surface area contributed by atoms with Gasteiger partial charge in [-0.3, -0.25) is 9.59 Å². The van der Waals surface area contributed by atoms with E-state index in [4.69, 9.17) is 4.42 Å². The van der Waals surface area contributed by atoms with Crippen LogP contribution in [0.3, 0.4) is 0 Å². The summed E-state index contributed by atoms with van der Waals surface area (Å²) >= 11 is 0. The van der Waals surface area contributed by atoms with E-state index < -0.39 is 0 Å². The number of quaternary nitrogens is 1. The average Bonchev–Trinajstić information content (AvgIpc) is 3.00. The minimum absolute atomic E-state index is 0.0129. The van der Waals surface area contributed by atoms with Crippen molar-refractivity contribution in [2.45, 2.75) is 47.2 Å². The third-order valence-corrected chi connectivity index (χ3v) is 4.42. The van der Waals surface area contributed by atoms with Gasteiger partial charge in [-0.25, -0.2) is 0 Å². The van der Waals surface area contributed by atoms with Gasteiger partial charge in [0.05, 0.1) is 12.7 Å². The highest BCUT2D eigenvalue weighted by molar-refractivity contribution is 6.04. The topological polar surface area (TPSA) is 67.5 Å². The number of rotatable bonds is 6. The first-order valence-electron chi connectivity index (χ1n) is 7.84. The molecular formula is C18H25N2O3+. The van der Waals surface area contributed by atoms with Gasteiger partial charge >= 0.3 is 0 Å². The first-order chi connectivity index (χ1) is 10.7. The predicted octanol–water partition coefficient (Wildman–Crippen LogP) is 2.02. The van der Waals surface area contributed by atoms with Gasteiger partial charge in [0.2, 0.25) is 5.78 Å². The second-order valence-corrected chi connectivity index (χ2v) is 6.30. The number of carbonyl (C=O) groups is 2. The van der Waals surface area contributed by atoms with E-state index in [0.717, 1.165) is 27.7 Å². The van der Waals surface area contributed by atoms with Gasteiger partial charge in [0.1, 0.15) is 12.3 Å². The molecule has 0 aliphatic carbocycles. The lowest BCUT2D eigenvalue weighted by Gasteiger charge is -2.19. The standard InChI is InChI=1S/C18H24N2O3/c1-10-7-8-15(23-10)9-20(6)13(4)18(22)17-11(2)16(14(5)21)12(3)19-17/h7-8,13,19H,9H2,1-6H3/p+1/t13-/m0/s1. The number of nitrogens with one attached hydrogen (secondary N) is 2. The van der Waals surface area contributed by atoms with Gasteiger partial charge in [0.15, 0.2) is 17.6 Å². The van der Waals surface area contributed by atoms with Crippen molar-refractivity contribution in [1.82, 2.24) is 4.98 Å². The zero-order chi connectivity index (χ0) is 17.3. The molecule has 0 aromatic carbocycles. The molecule has 0 saturated carbocycles. The molecule has 23 heavy (non-hydrogen) atoms. The third-order valence-electron chi connectivity index (χ3n) is 4.42. The number of aromatic nitrogens is 1. The number of hydrogen-bond acceptors (Lipinski definition) is 3. The molecule has 0 fully saturated rings. The summed E-state index contributed by atoms with van der Waals surface area (Å²) in [5.74, 6) is 1.73. The number of hydrogen-bond donors (Lipinski definition) is 2. The third kappa shape index (κ3) is 3.45. The first-order valence-corrected chi connectivity index (χ1v) is 7.84. The van der Waals surface area contributed by atoms with Crippen LogP contribution < -0.4 is 4.90 Å². The van der Waals surface area contributed by atoms with E-state index in [1.165, 1.54) is 6.92 Å². The van der Waals surface area contributed by atoms with Crippen molar-refractivity contribution in [3.8, 4) is 0 Å². The molecule has 2 rings (SSSR count). The number of aromatic amines is 1. The van der Waals surface area contributed by atoms with Crippen LogP contribution in [0.1, 0.15) is 57.5 Å². The largest absolute Gasteiger partial charge is 0.460 e. The Labute approximate surface area is 136 Å². The molecule has 0 aliphatic heterocycles. The average molecular weight is 317 g/mol. The number of aryl methyl sites for hydroxylation is 2. The highest BCUT2D eigenvalue weighted by Crippen LogP contribution is 2.19. The summed E-state index contributed by atoms with van der Waals surface area (Å²) in [7, 11) is 1.97. The lowest BCUT2D eigenvalue weighted by Crippen LogP contribution is -3.12. The summed E-state index contributed by atoms with van der Waals surface area (Å²) in [5.41, 5.74) is 2.66. The first kappa shape index (κ1) is 17.2. The number of Topliss-reactive ketones (excluding diaryl/α,β-unsaturated/α-hetero) is 2. The Balaban J connectivity index is 2.19. The van der Waals surface area contributed by atoms with Crippen LogP contribution >= 0.6 is 0 Å². The van der Waals surface area contributed by atoms with Gasteiger partial charge in [0, 0.05) is 11.3 Å². The van der Waals surface area contributed by atoms with Crippen molar-refractivity contribution in [3.05, 3.63) is 46.2 Å². The molecule has 0 aliphatic rings. The van der Waals surface area contributed by atoms with Gasteiger partial charge in [0.25, 0.3) is 0 Å². The van der Waals surface area contributed by atoms with Crippen LogP contribution in [0.5, 0.6) is 0 Å². The normalized spacial score (nSPS) is 13.8. The second kappa shape index (κ2) is 6.54. The minimum Gasteiger partial charge on any atom is -0.460 e. The Hall–Kier alpha value is -2.14. The second-order valence-electron chi connectivity index (χ2n) is 6.30. The Bertz CT molecular complexity index is 740. The van der Waals surface area contributed by atoms with E-state index in [-0.39, 0.29) is 17.6 Å². The van der Waals surface area contributed by atoms with E-state index in [1.54, 1.807) is 0 Å². The number of furan rings is 1. The summed E-state index contributed by atoms with van der Waals surface area (Å²) in [6.45, 7) is 9.62. The SMILES string of the molecule is CC(=O)c1c(C)[nH]c(C(=O)[C@H](C)[NH+](C)Cc2ccc(C)o2)c1C. The molecular weight excluding hydrogens is 292 g/mol. The quantitative estimate of drug-likeness (QED) is 0.801. The van der Waals surface area contributed by atoms with Crippen molar-refractivity contribution in [2.24, 2.45) is 0 Å². The van der Waals surface area contributed by atoms with E-state index >= 15 is 0 Å². The maximum atomic E-state index is 12.8. The van der Waals surface area contributed by atoms with Crippen LogP contribution in [0.15, 0.2) is 16.5 Å². The van der Waals surface area contributed by atoms with Crippen LogP contribution in [0.4, 0.5) is 0 Å². The van der Waals surface area contributed by atoms with Crippen LogP contribution in [0.2, 0.25) is 0 Å². The predicted molar refractivity (Wildman–Crippen MR) is 88.1 cm³/mol. The van der Waals surface area contributed by atoms with Crippen LogP contribution in [0, 0.1) is 20.8 Å². The van der Waals surface area contributed by atoms with Crippen molar-refractivity contribution in [3.63, 3.8) is 0 Å². The molecule has 2 atom stereocenters. The fourth-order valence-electron chi connectivity index (χ4n) is 2.97. The number of ketones is 2. The summed E-state index contributed by atoms with van der Waals surface area (Å²) in [5, 5.41) is 0. The van der Waals surface area contributed by atoms with Gasteiger partial charge in [-0.1, -0.05) is 0 Å². The highest BCUT2D eigenvalue weighted by Gasteiger charge is 2.28. The maximum Gasteiger partial charge on any atom is 0.235 e. The van der Waals surface area contributed by atoms with E-state index in [1.807, 2.05) is 46.9 Å². The van der Waals surface area contributed by atoms with Gasteiger partial charge in [-0.05, 0) is 52.3 Å². The smallest absolute Gasteiger partial charge is 0.235 e.